The topological polar surface area (TPSA) is 60.1 Å². The van der Waals surface area contributed by atoms with Crippen molar-refractivity contribution < 1.29 is 4.52 Å². The Bertz CT molecular complexity index is 544. The van der Waals surface area contributed by atoms with Gasteiger partial charge in [-0.2, -0.15) is 0 Å². The summed E-state index contributed by atoms with van der Waals surface area (Å²) >= 11 is 0. The zero-order valence-electron chi connectivity index (χ0n) is 16.8. The van der Waals surface area contributed by atoms with E-state index in [1.165, 1.54) is 25.9 Å². The molecular weight excluding hydrogens is 455 g/mol. The van der Waals surface area contributed by atoms with Gasteiger partial charge in [0.2, 0.25) is 0 Å². The van der Waals surface area contributed by atoms with Crippen LogP contribution in [0.3, 0.4) is 0 Å². The number of hydrogen-bond acceptors (Lipinski definition) is 5. The minimum atomic E-state index is 0. The first-order chi connectivity index (χ1) is 12.7. The Balaban J connectivity index is 0.00000261. The first-order valence-electron chi connectivity index (χ1n) is 10.1. The number of halogens is 1. The number of aliphatic imine (C=N–C) groups is 1. The van der Waals surface area contributed by atoms with Gasteiger partial charge in [-0.15, -0.1) is 24.0 Å². The molecule has 1 aromatic rings. The van der Waals surface area contributed by atoms with Crippen LogP contribution >= 0.6 is 24.0 Å². The number of rotatable bonds is 6. The van der Waals surface area contributed by atoms with Crippen LogP contribution in [0.4, 0.5) is 0 Å². The second-order valence-electron chi connectivity index (χ2n) is 7.54. The minimum Gasteiger partial charge on any atom is -0.364 e. The summed E-state index contributed by atoms with van der Waals surface area (Å²) < 4.78 is 4.93. The number of nitrogens with one attached hydrogen (secondary N) is 1. The van der Waals surface area contributed by atoms with Crippen molar-refractivity contribution in [2.75, 3.05) is 58.9 Å². The van der Waals surface area contributed by atoms with Crippen LogP contribution in [0, 0.1) is 5.92 Å². The van der Waals surface area contributed by atoms with Gasteiger partial charge in [0.1, 0.15) is 6.26 Å². The molecule has 2 fully saturated rings. The Labute approximate surface area is 180 Å². The first kappa shape index (κ1) is 22.4. The van der Waals surface area contributed by atoms with Gasteiger partial charge < -0.3 is 19.6 Å². The molecule has 3 heterocycles. The zero-order chi connectivity index (χ0) is 18.2. The molecule has 2 saturated heterocycles. The maximum atomic E-state index is 4.93. The van der Waals surface area contributed by atoms with E-state index in [0.29, 0.717) is 0 Å². The van der Waals surface area contributed by atoms with E-state index in [0.717, 1.165) is 69.9 Å². The van der Waals surface area contributed by atoms with E-state index >= 15 is 0 Å². The van der Waals surface area contributed by atoms with E-state index < -0.39 is 0 Å². The predicted molar refractivity (Wildman–Crippen MR) is 120 cm³/mol. The summed E-state index contributed by atoms with van der Waals surface area (Å²) in [6, 6.07) is 1.94. The van der Waals surface area contributed by atoms with Gasteiger partial charge in [-0.3, -0.25) is 9.89 Å². The normalized spacial score (nSPS) is 22.5. The fourth-order valence-electron chi connectivity index (χ4n) is 3.88. The third kappa shape index (κ3) is 7.23. The second-order valence-corrected chi connectivity index (χ2v) is 7.54. The lowest BCUT2D eigenvalue weighted by Crippen LogP contribution is -2.52. The maximum absolute atomic E-state index is 4.93. The number of nitrogens with zero attached hydrogens (tertiary/aromatic N) is 5. The van der Waals surface area contributed by atoms with E-state index in [2.05, 4.69) is 39.0 Å². The van der Waals surface area contributed by atoms with Crippen molar-refractivity contribution in [3.63, 3.8) is 0 Å². The standard InChI is InChI=1S/C19H34N6O.HI/c1-3-20-19(21-7-9-23-8-4-5-17(2)15-23)25-12-10-24(11-13-25)16-18-6-14-26-22-18;/h6,14,17H,3-5,7-13,15-16H2,1-2H3,(H,20,21);1H. The molecule has 1 N–H and O–H groups in total. The number of piperazine rings is 1. The lowest BCUT2D eigenvalue weighted by atomic mass is 10.0. The summed E-state index contributed by atoms with van der Waals surface area (Å²) in [5.74, 6) is 1.90. The molecule has 0 radical (unpaired) electrons. The molecule has 2 aliphatic heterocycles. The molecule has 1 aromatic heterocycles. The summed E-state index contributed by atoms with van der Waals surface area (Å²) in [6.45, 7) is 14.8. The molecule has 154 valence electrons. The van der Waals surface area contributed by atoms with Crippen molar-refractivity contribution in [2.45, 2.75) is 33.2 Å². The van der Waals surface area contributed by atoms with Crippen LogP contribution in [0.1, 0.15) is 32.4 Å². The number of aromatic nitrogens is 1. The summed E-state index contributed by atoms with van der Waals surface area (Å²) in [5.41, 5.74) is 1.01. The van der Waals surface area contributed by atoms with Gasteiger partial charge in [-0.05, 0) is 32.2 Å². The Kier molecular flexibility index (Phi) is 9.84. The average Bonchev–Trinajstić information content (AvgIpc) is 3.15. The number of likely N-dealkylation sites (tertiary alicyclic amines) is 1. The summed E-state index contributed by atoms with van der Waals surface area (Å²) in [4.78, 5) is 12.3. The van der Waals surface area contributed by atoms with Crippen molar-refractivity contribution in [3.05, 3.63) is 18.0 Å². The largest absolute Gasteiger partial charge is 0.364 e. The fraction of sp³-hybridized carbons (Fsp3) is 0.789. The molecule has 2 aliphatic rings. The maximum Gasteiger partial charge on any atom is 0.194 e. The second kappa shape index (κ2) is 11.9. The van der Waals surface area contributed by atoms with E-state index in [1.807, 2.05) is 6.07 Å². The number of hydrogen-bond donors (Lipinski definition) is 1. The smallest absolute Gasteiger partial charge is 0.194 e. The van der Waals surface area contributed by atoms with Crippen LogP contribution in [-0.4, -0.2) is 84.7 Å². The molecule has 7 nitrogen and oxygen atoms in total. The lowest BCUT2D eigenvalue weighted by Gasteiger charge is -2.36. The van der Waals surface area contributed by atoms with Crippen LogP contribution in [0.25, 0.3) is 0 Å². The van der Waals surface area contributed by atoms with Crippen LogP contribution in [-0.2, 0) is 6.54 Å². The highest BCUT2D eigenvalue weighted by molar-refractivity contribution is 14.0. The monoisotopic (exact) mass is 490 g/mol. The van der Waals surface area contributed by atoms with Crippen molar-refractivity contribution in [2.24, 2.45) is 10.9 Å². The third-order valence-corrected chi connectivity index (χ3v) is 5.30. The Morgan fingerprint density at radius 2 is 2.07 bits per heavy atom. The van der Waals surface area contributed by atoms with Crippen molar-refractivity contribution >= 4 is 29.9 Å². The van der Waals surface area contributed by atoms with Crippen LogP contribution < -0.4 is 5.32 Å². The van der Waals surface area contributed by atoms with Crippen LogP contribution in [0.15, 0.2) is 21.8 Å². The lowest BCUT2D eigenvalue weighted by molar-refractivity contribution is 0.168. The molecule has 0 saturated carbocycles. The van der Waals surface area contributed by atoms with E-state index in [1.54, 1.807) is 6.26 Å². The molecule has 1 atom stereocenters. The SMILES string of the molecule is CCNC(=NCCN1CCCC(C)C1)N1CCN(Cc2ccon2)CC1.I. The minimum absolute atomic E-state index is 0. The van der Waals surface area contributed by atoms with Crippen molar-refractivity contribution in [3.8, 4) is 0 Å². The molecule has 0 aromatic carbocycles. The van der Waals surface area contributed by atoms with Gasteiger partial charge in [0.15, 0.2) is 5.96 Å². The number of guanidine groups is 1. The van der Waals surface area contributed by atoms with Gasteiger partial charge in [-0.1, -0.05) is 12.1 Å². The Morgan fingerprint density at radius 3 is 2.74 bits per heavy atom. The highest BCUT2D eigenvalue weighted by Gasteiger charge is 2.20. The van der Waals surface area contributed by atoms with Gasteiger partial charge in [0.25, 0.3) is 0 Å². The average molecular weight is 490 g/mol. The van der Waals surface area contributed by atoms with Crippen molar-refractivity contribution in [1.29, 1.82) is 0 Å². The van der Waals surface area contributed by atoms with Gasteiger partial charge in [-0.25, -0.2) is 0 Å². The summed E-state index contributed by atoms with van der Waals surface area (Å²) in [7, 11) is 0. The first-order valence-corrected chi connectivity index (χ1v) is 10.1. The molecule has 1 unspecified atom stereocenters. The summed E-state index contributed by atoms with van der Waals surface area (Å²) in [6.07, 6.45) is 4.35. The molecule has 8 heteroatoms. The molecule has 0 spiro atoms. The molecule has 0 amide bonds. The van der Waals surface area contributed by atoms with E-state index in [9.17, 15) is 0 Å². The Hall–Kier alpha value is -0.870. The van der Waals surface area contributed by atoms with E-state index in [-0.39, 0.29) is 24.0 Å². The molecule has 0 aliphatic carbocycles. The predicted octanol–water partition coefficient (Wildman–Crippen LogP) is 2.11. The van der Waals surface area contributed by atoms with Crippen LogP contribution in [0.5, 0.6) is 0 Å². The van der Waals surface area contributed by atoms with Crippen LogP contribution in [0.2, 0.25) is 0 Å². The Morgan fingerprint density at radius 1 is 1.26 bits per heavy atom. The quantitative estimate of drug-likeness (QED) is 0.375. The molecule has 3 rings (SSSR count). The third-order valence-electron chi connectivity index (χ3n) is 5.30. The van der Waals surface area contributed by atoms with Gasteiger partial charge >= 0.3 is 0 Å². The van der Waals surface area contributed by atoms with Gasteiger partial charge in [0, 0.05) is 58.4 Å². The fourth-order valence-corrected chi connectivity index (χ4v) is 3.88. The van der Waals surface area contributed by atoms with Gasteiger partial charge in [0.05, 0.1) is 12.2 Å². The highest BCUT2D eigenvalue weighted by atomic mass is 127. The number of piperidine rings is 1. The zero-order valence-corrected chi connectivity index (χ0v) is 19.1. The summed E-state index contributed by atoms with van der Waals surface area (Å²) in [5, 5.41) is 7.48. The van der Waals surface area contributed by atoms with Crippen molar-refractivity contribution in [1.82, 2.24) is 25.2 Å². The highest BCUT2D eigenvalue weighted by Crippen LogP contribution is 2.14. The van der Waals surface area contributed by atoms with E-state index in [4.69, 9.17) is 9.52 Å². The molecular formula is C19H35IN6O. The molecule has 0 bridgehead atoms. The molecule has 27 heavy (non-hydrogen) atoms.